The third-order valence-corrected chi connectivity index (χ3v) is 5.64. The van der Waals surface area contributed by atoms with Crippen LogP contribution in [0.5, 0.6) is 0 Å². The molecule has 0 aromatic heterocycles. The standard InChI is InChI=1S/C24H18N2O5/c27-22-19-20(15-7-3-1-4-8-15)26(18-9-5-2-6-10-18)31-21(19)23(28)25(22)17-13-11-16(12-14-17)24(29)30/h1-14,19-21H,(H,29,30)/t19-,20-,21+/m0/s1. The van der Waals surface area contributed by atoms with Crippen molar-refractivity contribution in [3.63, 3.8) is 0 Å². The number of carboxylic acids is 1. The quantitative estimate of drug-likeness (QED) is 0.658. The van der Waals surface area contributed by atoms with Crippen LogP contribution in [0.25, 0.3) is 0 Å². The molecule has 0 spiro atoms. The highest BCUT2D eigenvalue weighted by Crippen LogP contribution is 2.47. The van der Waals surface area contributed by atoms with E-state index in [1.54, 1.807) is 5.06 Å². The summed E-state index contributed by atoms with van der Waals surface area (Å²) in [4.78, 5) is 44.9. The molecular weight excluding hydrogens is 396 g/mol. The van der Waals surface area contributed by atoms with E-state index in [9.17, 15) is 14.4 Å². The van der Waals surface area contributed by atoms with E-state index < -0.39 is 29.9 Å². The summed E-state index contributed by atoms with van der Waals surface area (Å²) in [5, 5.41) is 10.7. The number of imide groups is 1. The lowest BCUT2D eigenvalue weighted by Crippen LogP contribution is -2.37. The van der Waals surface area contributed by atoms with E-state index in [0.29, 0.717) is 5.69 Å². The summed E-state index contributed by atoms with van der Waals surface area (Å²) in [5.74, 6) is -2.63. The summed E-state index contributed by atoms with van der Waals surface area (Å²) >= 11 is 0. The first-order valence-corrected chi connectivity index (χ1v) is 9.83. The third-order valence-electron chi connectivity index (χ3n) is 5.64. The second kappa shape index (κ2) is 7.37. The van der Waals surface area contributed by atoms with E-state index in [2.05, 4.69) is 0 Å². The zero-order chi connectivity index (χ0) is 21.5. The van der Waals surface area contributed by atoms with Crippen LogP contribution in [0.3, 0.4) is 0 Å². The zero-order valence-corrected chi connectivity index (χ0v) is 16.3. The Kier molecular flexibility index (Phi) is 4.52. The predicted molar refractivity (Wildman–Crippen MR) is 112 cm³/mol. The van der Waals surface area contributed by atoms with Crippen molar-refractivity contribution in [2.45, 2.75) is 12.1 Å². The van der Waals surface area contributed by atoms with Gasteiger partial charge >= 0.3 is 5.97 Å². The second-order valence-corrected chi connectivity index (χ2v) is 7.43. The first-order chi connectivity index (χ1) is 15.1. The molecule has 3 atom stereocenters. The maximum absolute atomic E-state index is 13.5. The molecule has 0 bridgehead atoms. The Morgan fingerprint density at radius 3 is 2.00 bits per heavy atom. The molecule has 7 heteroatoms. The highest BCUT2D eigenvalue weighted by Gasteiger charge is 2.60. The van der Waals surface area contributed by atoms with Crippen molar-refractivity contribution in [2.75, 3.05) is 9.96 Å². The van der Waals surface area contributed by atoms with Crippen molar-refractivity contribution >= 4 is 29.2 Å². The molecule has 3 aromatic carbocycles. The third kappa shape index (κ3) is 3.06. The van der Waals surface area contributed by atoms with Gasteiger partial charge in [0.15, 0.2) is 6.10 Å². The number of carbonyl (C=O) groups is 3. The Morgan fingerprint density at radius 2 is 1.39 bits per heavy atom. The Hall–Kier alpha value is -3.97. The normalized spacial score (nSPS) is 22.6. The van der Waals surface area contributed by atoms with Gasteiger partial charge in [0, 0.05) is 0 Å². The molecule has 2 fully saturated rings. The van der Waals surface area contributed by atoms with Crippen molar-refractivity contribution in [1.82, 2.24) is 0 Å². The first-order valence-electron chi connectivity index (χ1n) is 9.83. The number of carboxylic acid groups (broad SMARTS) is 1. The fourth-order valence-electron chi connectivity index (χ4n) is 4.21. The van der Waals surface area contributed by atoms with Gasteiger partial charge in [-0.1, -0.05) is 48.5 Å². The lowest BCUT2D eigenvalue weighted by molar-refractivity contribution is -0.126. The van der Waals surface area contributed by atoms with Crippen LogP contribution in [0.2, 0.25) is 0 Å². The fourth-order valence-corrected chi connectivity index (χ4v) is 4.21. The van der Waals surface area contributed by atoms with Gasteiger partial charge in [-0.2, -0.15) is 0 Å². The van der Waals surface area contributed by atoms with Gasteiger partial charge in [0.2, 0.25) is 5.91 Å². The fraction of sp³-hybridized carbons (Fsp3) is 0.125. The van der Waals surface area contributed by atoms with Crippen LogP contribution in [0.4, 0.5) is 11.4 Å². The molecule has 2 saturated heterocycles. The number of hydrogen-bond donors (Lipinski definition) is 1. The maximum Gasteiger partial charge on any atom is 0.335 e. The molecule has 154 valence electrons. The van der Waals surface area contributed by atoms with Crippen molar-refractivity contribution in [1.29, 1.82) is 0 Å². The van der Waals surface area contributed by atoms with Gasteiger partial charge in [-0.05, 0) is 42.0 Å². The molecule has 2 aliphatic rings. The summed E-state index contributed by atoms with van der Waals surface area (Å²) in [6.07, 6.45) is -0.961. The predicted octanol–water partition coefficient (Wildman–Crippen LogP) is 3.44. The van der Waals surface area contributed by atoms with Gasteiger partial charge in [0.05, 0.1) is 23.0 Å². The number of benzene rings is 3. The highest BCUT2D eigenvalue weighted by atomic mass is 16.7. The van der Waals surface area contributed by atoms with Gasteiger partial charge in [0.25, 0.3) is 5.91 Å². The molecule has 5 rings (SSSR count). The number of hydrogen-bond acceptors (Lipinski definition) is 5. The SMILES string of the molecule is O=C(O)c1ccc(N2C(=O)[C@@H]3[C@@H](ON(c4ccccc4)[C@H]3c3ccccc3)C2=O)cc1. The molecule has 1 N–H and O–H groups in total. The molecular formula is C24H18N2O5. The molecule has 3 aromatic rings. The number of rotatable bonds is 4. The minimum Gasteiger partial charge on any atom is -0.478 e. The molecule has 7 nitrogen and oxygen atoms in total. The Bertz CT molecular complexity index is 1150. The number of nitrogens with zero attached hydrogens (tertiary/aromatic N) is 2. The van der Waals surface area contributed by atoms with E-state index in [4.69, 9.17) is 9.94 Å². The lowest BCUT2D eigenvalue weighted by Gasteiger charge is -2.28. The lowest BCUT2D eigenvalue weighted by atomic mass is 9.90. The van der Waals surface area contributed by atoms with Crippen molar-refractivity contribution < 1.29 is 24.3 Å². The number of amides is 2. The van der Waals surface area contributed by atoms with Crippen LogP contribution in [-0.2, 0) is 14.4 Å². The van der Waals surface area contributed by atoms with Crippen LogP contribution in [0.15, 0.2) is 84.9 Å². The number of hydroxylamine groups is 1. The molecule has 0 radical (unpaired) electrons. The maximum atomic E-state index is 13.5. The van der Waals surface area contributed by atoms with Crippen LogP contribution < -0.4 is 9.96 Å². The van der Waals surface area contributed by atoms with E-state index >= 15 is 0 Å². The summed E-state index contributed by atoms with van der Waals surface area (Å²) in [5.41, 5.74) is 2.03. The van der Waals surface area contributed by atoms with E-state index in [-0.39, 0.29) is 11.5 Å². The summed E-state index contributed by atoms with van der Waals surface area (Å²) in [6.45, 7) is 0. The molecule has 2 aliphatic heterocycles. The van der Waals surface area contributed by atoms with Crippen LogP contribution in [-0.4, -0.2) is 29.0 Å². The zero-order valence-electron chi connectivity index (χ0n) is 16.3. The second-order valence-electron chi connectivity index (χ2n) is 7.43. The monoisotopic (exact) mass is 414 g/mol. The molecule has 2 heterocycles. The van der Waals surface area contributed by atoms with Gasteiger partial charge < -0.3 is 5.11 Å². The molecule has 31 heavy (non-hydrogen) atoms. The molecule has 0 aliphatic carbocycles. The average molecular weight is 414 g/mol. The topological polar surface area (TPSA) is 87.2 Å². The van der Waals surface area contributed by atoms with E-state index in [1.165, 1.54) is 24.3 Å². The largest absolute Gasteiger partial charge is 0.478 e. The van der Waals surface area contributed by atoms with Gasteiger partial charge in [-0.15, -0.1) is 0 Å². The first kappa shape index (κ1) is 19.0. The van der Waals surface area contributed by atoms with E-state index in [0.717, 1.165) is 16.2 Å². The Labute approximate surface area is 178 Å². The van der Waals surface area contributed by atoms with Gasteiger partial charge in [-0.25, -0.2) is 14.8 Å². The number of aromatic carboxylic acids is 1. The molecule has 0 unspecified atom stereocenters. The average Bonchev–Trinajstić information content (AvgIpc) is 3.31. The van der Waals surface area contributed by atoms with Crippen molar-refractivity contribution in [3.8, 4) is 0 Å². The molecule has 2 amide bonds. The number of anilines is 2. The van der Waals surface area contributed by atoms with Crippen LogP contribution >= 0.6 is 0 Å². The van der Waals surface area contributed by atoms with Gasteiger partial charge in [-0.3, -0.25) is 14.4 Å². The smallest absolute Gasteiger partial charge is 0.335 e. The number of fused-ring (bicyclic) bond motifs is 1. The molecule has 0 saturated carbocycles. The van der Waals surface area contributed by atoms with Crippen molar-refractivity contribution in [2.24, 2.45) is 5.92 Å². The van der Waals surface area contributed by atoms with Crippen LogP contribution in [0.1, 0.15) is 22.0 Å². The Morgan fingerprint density at radius 1 is 0.774 bits per heavy atom. The summed E-state index contributed by atoms with van der Waals surface area (Å²) in [6, 6.07) is 24.0. The Balaban J connectivity index is 1.54. The number of para-hydroxylation sites is 1. The minimum atomic E-state index is -1.08. The van der Waals surface area contributed by atoms with Gasteiger partial charge in [0.1, 0.15) is 5.92 Å². The summed E-state index contributed by atoms with van der Waals surface area (Å²) < 4.78 is 0. The van der Waals surface area contributed by atoms with Crippen LogP contribution in [0, 0.1) is 5.92 Å². The number of carbonyl (C=O) groups excluding carboxylic acids is 2. The van der Waals surface area contributed by atoms with E-state index in [1.807, 2.05) is 60.7 Å². The summed E-state index contributed by atoms with van der Waals surface area (Å²) in [7, 11) is 0. The minimum absolute atomic E-state index is 0.0803. The highest BCUT2D eigenvalue weighted by molar-refractivity contribution is 6.24. The van der Waals surface area contributed by atoms with Crippen molar-refractivity contribution in [3.05, 3.63) is 96.1 Å².